The van der Waals surface area contributed by atoms with E-state index in [1.54, 1.807) is 12.1 Å². The van der Waals surface area contributed by atoms with Gasteiger partial charge in [-0.1, -0.05) is 0 Å². The Morgan fingerprint density at radius 1 is 1.58 bits per heavy atom. The fourth-order valence-corrected chi connectivity index (χ4v) is 1.03. The van der Waals surface area contributed by atoms with E-state index in [9.17, 15) is 4.79 Å². The van der Waals surface area contributed by atoms with E-state index in [-0.39, 0.29) is 12.5 Å². The molecule has 0 atom stereocenters. The number of ether oxygens (including phenoxy) is 1. The summed E-state index contributed by atoms with van der Waals surface area (Å²) in [6.07, 6.45) is 0. The molecule has 0 radical (unpaired) electrons. The Morgan fingerprint density at radius 2 is 2.42 bits per heavy atom. The Morgan fingerprint density at radius 3 is 3.25 bits per heavy atom. The molecule has 1 aliphatic heterocycles. The largest absolute Gasteiger partial charge is 0.475 e. The van der Waals surface area contributed by atoms with Gasteiger partial charge in [0.05, 0.1) is 0 Å². The minimum absolute atomic E-state index is 0.0603. The van der Waals surface area contributed by atoms with Crippen molar-refractivity contribution in [1.29, 1.82) is 0 Å². The molecule has 1 aliphatic rings. The van der Waals surface area contributed by atoms with Gasteiger partial charge in [0.25, 0.3) is 5.82 Å². The van der Waals surface area contributed by atoms with Gasteiger partial charge in [0, 0.05) is 6.07 Å². The standard InChI is InChI=1S/C7H7N3O2/c8-5-2-1-4-7(9-5)10-6(11)3-12-4/h1-2H,3H2,(H3,8,9,10,11)/p+1. The Bertz CT molecular complexity index is 337. The lowest BCUT2D eigenvalue weighted by atomic mass is 10.3. The van der Waals surface area contributed by atoms with Gasteiger partial charge < -0.3 is 10.5 Å². The van der Waals surface area contributed by atoms with Gasteiger partial charge in [0.15, 0.2) is 12.4 Å². The summed E-state index contributed by atoms with van der Waals surface area (Å²) in [7, 11) is 0. The Balaban J connectivity index is 2.44. The van der Waals surface area contributed by atoms with Crippen LogP contribution in [-0.2, 0) is 4.79 Å². The molecule has 0 aromatic carbocycles. The molecule has 1 amide bonds. The van der Waals surface area contributed by atoms with Crippen LogP contribution in [0.1, 0.15) is 0 Å². The third kappa shape index (κ3) is 1.05. The van der Waals surface area contributed by atoms with Crippen molar-refractivity contribution in [2.45, 2.75) is 0 Å². The second-order valence-corrected chi connectivity index (χ2v) is 2.49. The van der Waals surface area contributed by atoms with Gasteiger partial charge in [-0.15, -0.1) is 0 Å². The van der Waals surface area contributed by atoms with E-state index in [1.807, 2.05) is 0 Å². The highest BCUT2D eigenvalue weighted by atomic mass is 16.5. The lowest BCUT2D eigenvalue weighted by Gasteiger charge is -2.12. The number of carbonyl (C=O) groups is 1. The highest BCUT2D eigenvalue weighted by Crippen LogP contribution is 2.22. The number of anilines is 2. The second-order valence-electron chi connectivity index (χ2n) is 2.49. The van der Waals surface area contributed by atoms with Crippen molar-refractivity contribution in [3.05, 3.63) is 12.1 Å². The average Bonchev–Trinajstić information content (AvgIpc) is 2.03. The first-order valence-electron chi connectivity index (χ1n) is 3.50. The maximum Gasteiger partial charge on any atom is 0.318 e. The predicted octanol–water partition coefficient (Wildman–Crippen LogP) is -0.586. The van der Waals surface area contributed by atoms with Crippen LogP contribution in [0.4, 0.5) is 11.6 Å². The zero-order chi connectivity index (χ0) is 8.55. The number of fused-ring (bicyclic) bond motifs is 1. The number of hydrogen-bond acceptors (Lipinski definition) is 3. The number of H-pyrrole nitrogens is 1. The minimum Gasteiger partial charge on any atom is -0.475 e. The summed E-state index contributed by atoms with van der Waals surface area (Å²) in [4.78, 5) is 13.6. The molecule has 0 saturated carbocycles. The number of pyridine rings is 1. The lowest BCUT2D eigenvalue weighted by Crippen LogP contribution is -2.31. The summed E-state index contributed by atoms with van der Waals surface area (Å²) in [6.45, 7) is 0.0603. The van der Waals surface area contributed by atoms with Crippen molar-refractivity contribution in [1.82, 2.24) is 0 Å². The smallest absolute Gasteiger partial charge is 0.318 e. The average molecular weight is 166 g/mol. The summed E-state index contributed by atoms with van der Waals surface area (Å²) in [5, 5.41) is 2.60. The van der Waals surface area contributed by atoms with E-state index in [4.69, 9.17) is 10.5 Å². The molecule has 0 aliphatic carbocycles. The van der Waals surface area contributed by atoms with Crippen LogP contribution in [0.2, 0.25) is 0 Å². The summed E-state index contributed by atoms with van der Waals surface area (Å²) in [5.74, 6) is 1.44. The molecule has 12 heavy (non-hydrogen) atoms. The number of nitrogen functional groups attached to an aromatic ring is 1. The molecule has 0 saturated heterocycles. The van der Waals surface area contributed by atoms with Crippen LogP contribution < -0.4 is 20.8 Å². The summed E-state index contributed by atoms with van der Waals surface area (Å²) in [6, 6.07) is 3.39. The first kappa shape index (κ1) is 6.90. The van der Waals surface area contributed by atoms with Crippen molar-refractivity contribution < 1.29 is 14.5 Å². The second kappa shape index (κ2) is 2.37. The lowest BCUT2D eigenvalue weighted by molar-refractivity contribution is -0.344. The quantitative estimate of drug-likeness (QED) is 0.541. The van der Waals surface area contributed by atoms with Crippen molar-refractivity contribution >= 4 is 17.5 Å². The molecule has 5 heteroatoms. The Labute approximate surface area is 68.5 Å². The predicted molar refractivity (Wildman–Crippen MR) is 41.5 cm³/mol. The zero-order valence-corrected chi connectivity index (χ0v) is 6.26. The number of rotatable bonds is 0. The Kier molecular flexibility index (Phi) is 1.36. The first-order valence-corrected chi connectivity index (χ1v) is 3.50. The normalized spacial score (nSPS) is 14.5. The third-order valence-corrected chi connectivity index (χ3v) is 1.55. The summed E-state index contributed by atoms with van der Waals surface area (Å²) < 4.78 is 5.09. The molecular weight excluding hydrogens is 158 g/mol. The highest BCUT2D eigenvalue weighted by molar-refractivity contribution is 5.93. The van der Waals surface area contributed by atoms with E-state index in [0.717, 1.165) is 0 Å². The number of nitrogens with two attached hydrogens (primary N) is 1. The van der Waals surface area contributed by atoms with Crippen LogP contribution in [0.5, 0.6) is 5.75 Å². The number of aromatic nitrogens is 1. The van der Waals surface area contributed by atoms with Crippen LogP contribution in [0, 0.1) is 0 Å². The van der Waals surface area contributed by atoms with E-state index in [2.05, 4.69) is 10.3 Å². The van der Waals surface area contributed by atoms with Gasteiger partial charge in [-0.2, -0.15) is 0 Å². The number of amides is 1. The highest BCUT2D eigenvalue weighted by Gasteiger charge is 2.20. The number of nitrogens with one attached hydrogen (secondary N) is 2. The maximum absolute atomic E-state index is 10.8. The molecule has 4 N–H and O–H groups in total. The van der Waals surface area contributed by atoms with Crippen LogP contribution in [0.3, 0.4) is 0 Å². The van der Waals surface area contributed by atoms with E-state index in [0.29, 0.717) is 17.4 Å². The van der Waals surface area contributed by atoms with Crippen LogP contribution >= 0.6 is 0 Å². The van der Waals surface area contributed by atoms with E-state index in [1.165, 1.54) is 0 Å². The molecule has 0 fully saturated rings. The summed E-state index contributed by atoms with van der Waals surface area (Å²) in [5.41, 5.74) is 5.46. The fraction of sp³-hybridized carbons (Fsp3) is 0.143. The van der Waals surface area contributed by atoms with E-state index >= 15 is 0 Å². The number of carbonyl (C=O) groups excluding carboxylic acids is 1. The van der Waals surface area contributed by atoms with Crippen molar-refractivity contribution in [3.8, 4) is 5.75 Å². The topological polar surface area (TPSA) is 78.5 Å². The molecule has 2 heterocycles. The van der Waals surface area contributed by atoms with Gasteiger partial charge in [0.1, 0.15) is 0 Å². The van der Waals surface area contributed by atoms with Gasteiger partial charge in [0.2, 0.25) is 5.82 Å². The number of hydrogen-bond donors (Lipinski definition) is 2. The van der Waals surface area contributed by atoms with Crippen molar-refractivity contribution in [3.63, 3.8) is 0 Å². The van der Waals surface area contributed by atoms with Gasteiger partial charge in [-0.3, -0.25) is 4.79 Å². The maximum atomic E-state index is 10.8. The van der Waals surface area contributed by atoms with Gasteiger partial charge in [-0.05, 0) is 6.07 Å². The zero-order valence-electron chi connectivity index (χ0n) is 6.26. The molecule has 0 unspecified atom stereocenters. The molecule has 0 spiro atoms. The van der Waals surface area contributed by atoms with E-state index < -0.39 is 0 Å². The molecule has 1 aromatic rings. The molecule has 0 bridgehead atoms. The minimum atomic E-state index is -0.177. The van der Waals surface area contributed by atoms with Crippen LogP contribution in [0.25, 0.3) is 0 Å². The van der Waals surface area contributed by atoms with Crippen molar-refractivity contribution in [2.75, 3.05) is 17.7 Å². The Hall–Kier alpha value is -1.78. The SMILES string of the molecule is Nc1ccc2c([nH+]1)NC(=O)CO2. The van der Waals surface area contributed by atoms with Crippen LogP contribution in [-0.4, -0.2) is 12.5 Å². The molecular formula is C7H8N3O2+. The first-order chi connectivity index (χ1) is 5.75. The van der Waals surface area contributed by atoms with Gasteiger partial charge >= 0.3 is 5.91 Å². The molecule has 2 rings (SSSR count). The number of aromatic amines is 1. The summed E-state index contributed by atoms with van der Waals surface area (Å²) >= 11 is 0. The molecule has 1 aromatic heterocycles. The third-order valence-electron chi connectivity index (χ3n) is 1.55. The van der Waals surface area contributed by atoms with Gasteiger partial charge in [-0.25, -0.2) is 10.3 Å². The molecule has 5 nitrogen and oxygen atoms in total. The van der Waals surface area contributed by atoms with Crippen molar-refractivity contribution in [2.24, 2.45) is 0 Å². The molecule has 62 valence electrons. The van der Waals surface area contributed by atoms with Crippen LogP contribution in [0.15, 0.2) is 12.1 Å². The monoisotopic (exact) mass is 166 g/mol. The fourth-order valence-electron chi connectivity index (χ4n) is 1.03.